The van der Waals surface area contributed by atoms with E-state index in [1.807, 2.05) is 94.6 Å². The van der Waals surface area contributed by atoms with Gasteiger partial charge in [0, 0.05) is 63.7 Å². The third-order valence-corrected chi connectivity index (χ3v) is 5.96. The Bertz CT molecular complexity index is 1150. The molecule has 0 saturated carbocycles. The zero-order valence-electron chi connectivity index (χ0n) is 20.2. The molecule has 1 amide bonds. The Morgan fingerprint density at radius 3 is 2.70 bits per heavy atom. The molecule has 1 aliphatic rings. The molecule has 8 heteroatoms. The lowest BCUT2D eigenvalue weighted by Gasteiger charge is -2.30. The van der Waals surface area contributed by atoms with Gasteiger partial charge in [-0.1, -0.05) is 12.1 Å². The van der Waals surface area contributed by atoms with Crippen LogP contribution in [0.3, 0.4) is 0 Å². The lowest BCUT2D eigenvalue weighted by molar-refractivity contribution is -0.144. The summed E-state index contributed by atoms with van der Waals surface area (Å²) in [6.07, 6.45) is 6.50. The van der Waals surface area contributed by atoms with Crippen LogP contribution in [0.2, 0.25) is 0 Å². The molecule has 174 valence electrons. The molecule has 4 rings (SSSR count). The van der Waals surface area contributed by atoms with E-state index >= 15 is 0 Å². The third kappa shape index (κ3) is 4.84. The number of hydrogen-bond donors (Lipinski definition) is 0. The van der Waals surface area contributed by atoms with E-state index in [0.717, 1.165) is 28.8 Å². The Hall–Kier alpha value is -3.42. The van der Waals surface area contributed by atoms with E-state index in [0.29, 0.717) is 24.8 Å². The van der Waals surface area contributed by atoms with Gasteiger partial charge in [-0.15, -0.1) is 0 Å². The molecule has 3 aromatic rings. The first-order valence-corrected chi connectivity index (χ1v) is 11.2. The monoisotopic (exact) mass is 448 g/mol. The fraction of sp³-hybridized carbons (Fsp3) is 0.440. The number of nitrogens with zero attached hydrogens (tertiary/aromatic N) is 6. The van der Waals surface area contributed by atoms with Gasteiger partial charge in [-0.05, 0) is 44.9 Å². The van der Waals surface area contributed by atoms with E-state index < -0.39 is 5.60 Å². The van der Waals surface area contributed by atoms with Crippen LogP contribution in [-0.2, 0) is 11.8 Å². The number of likely N-dealkylation sites (tertiary alicyclic amines) is 1. The predicted octanol–water partition coefficient (Wildman–Crippen LogP) is 3.43. The highest BCUT2D eigenvalue weighted by atomic mass is 16.5. The van der Waals surface area contributed by atoms with Gasteiger partial charge in [0.1, 0.15) is 5.75 Å². The minimum absolute atomic E-state index is 0.0173. The number of ether oxygens (including phenoxy) is 1. The molecule has 33 heavy (non-hydrogen) atoms. The summed E-state index contributed by atoms with van der Waals surface area (Å²) in [7, 11) is 5.75. The van der Waals surface area contributed by atoms with Gasteiger partial charge in [0.05, 0.1) is 11.9 Å². The molecule has 0 N–H and O–H groups in total. The fourth-order valence-electron chi connectivity index (χ4n) is 4.26. The highest BCUT2D eigenvalue weighted by Crippen LogP contribution is 2.35. The predicted molar refractivity (Wildman–Crippen MR) is 128 cm³/mol. The molecule has 1 aliphatic heterocycles. The summed E-state index contributed by atoms with van der Waals surface area (Å²) in [6.45, 7) is 6.94. The van der Waals surface area contributed by atoms with Gasteiger partial charge in [-0.25, -0.2) is 9.97 Å². The molecular formula is C25H32N6O2. The van der Waals surface area contributed by atoms with Crippen LogP contribution >= 0.6 is 0 Å². The van der Waals surface area contributed by atoms with Crippen LogP contribution in [0.1, 0.15) is 37.4 Å². The minimum Gasteiger partial charge on any atom is -0.478 e. The first-order valence-electron chi connectivity index (χ1n) is 11.2. The third-order valence-electron chi connectivity index (χ3n) is 5.96. The Balaban J connectivity index is 1.56. The van der Waals surface area contributed by atoms with Crippen LogP contribution in [0, 0.1) is 6.92 Å². The highest BCUT2D eigenvalue weighted by molar-refractivity contribution is 5.85. The first kappa shape index (κ1) is 22.8. The fourth-order valence-corrected chi connectivity index (χ4v) is 4.26. The van der Waals surface area contributed by atoms with Crippen molar-refractivity contribution in [3.8, 4) is 16.9 Å². The number of anilines is 1. The summed E-state index contributed by atoms with van der Waals surface area (Å²) in [4.78, 5) is 26.6. The molecule has 3 heterocycles. The summed E-state index contributed by atoms with van der Waals surface area (Å²) >= 11 is 0. The van der Waals surface area contributed by atoms with Crippen LogP contribution in [0.25, 0.3) is 11.1 Å². The smallest absolute Gasteiger partial charge is 0.266 e. The number of hydrogen-bond acceptors (Lipinski definition) is 6. The molecule has 1 saturated heterocycles. The maximum atomic E-state index is 13.4. The number of amides is 1. The quantitative estimate of drug-likeness (QED) is 0.575. The van der Waals surface area contributed by atoms with Crippen LogP contribution in [0.4, 0.5) is 5.95 Å². The van der Waals surface area contributed by atoms with Gasteiger partial charge < -0.3 is 14.5 Å². The van der Waals surface area contributed by atoms with Crippen molar-refractivity contribution in [2.75, 3.05) is 32.1 Å². The molecule has 1 aromatic carbocycles. The van der Waals surface area contributed by atoms with Crippen molar-refractivity contribution in [3.63, 3.8) is 0 Å². The van der Waals surface area contributed by atoms with Crippen molar-refractivity contribution in [1.82, 2.24) is 24.6 Å². The maximum absolute atomic E-state index is 13.4. The molecule has 0 spiro atoms. The van der Waals surface area contributed by atoms with E-state index in [1.165, 1.54) is 0 Å². The van der Waals surface area contributed by atoms with Crippen LogP contribution in [-0.4, -0.2) is 63.3 Å². The van der Waals surface area contributed by atoms with Gasteiger partial charge in [-0.3, -0.25) is 9.48 Å². The molecule has 0 radical (unpaired) electrons. The van der Waals surface area contributed by atoms with Crippen LogP contribution in [0.15, 0.2) is 42.9 Å². The first-order chi connectivity index (χ1) is 15.6. The van der Waals surface area contributed by atoms with Crippen molar-refractivity contribution >= 4 is 11.9 Å². The summed E-state index contributed by atoms with van der Waals surface area (Å²) in [5.41, 5.74) is 3.03. The molecule has 1 atom stereocenters. The van der Waals surface area contributed by atoms with Gasteiger partial charge in [0.15, 0.2) is 5.60 Å². The van der Waals surface area contributed by atoms with Gasteiger partial charge in [0.2, 0.25) is 5.95 Å². The molecule has 8 nitrogen and oxygen atoms in total. The molecule has 0 unspecified atom stereocenters. The summed E-state index contributed by atoms with van der Waals surface area (Å²) in [5.74, 6) is 1.46. The SMILES string of the molecule is Cc1cccc(OC(C)(C)C(=O)N2CC[C@H](c3nc(N(C)C)ncc3-c3cnn(C)c3)C2)c1. The minimum atomic E-state index is -0.963. The number of carbonyl (C=O) groups excluding carboxylic acids is 1. The second kappa shape index (κ2) is 8.84. The number of benzene rings is 1. The number of aryl methyl sites for hydroxylation is 2. The zero-order chi connectivity index (χ0) is 23.8. The normalized spacial score (nSPS) is 16.2. The molecule has 0 aliphatic carbocycles. The summed E-state index contributed by atoms with van der Waals surface area (Å²) in [5, 5.41) is 4.31. The standard InChI is InChI=1S/C25H32N6O2/c1-17-8-7-9-20(12-17)33-25(2,3)23(32)31-11-10-18(16-31)22-21(19-13-27-30(6)15-19)14-26-24(28-22)29(4)5/h7-9,12-15,18H,10-11,16H2,1-6H3/t18-/m0/s1. The van der Waals surface area contributed by atoms with Crippen molar-refractivity contribution in [2.24, 2.45) is 7.05 Å². The second-order valence-corrected chi connectivity index (χ2v) is 9.43. The Kier molecular flexibility index (Phi) is 6.10. The molecular weight excluding hydrogens is 416 g/mol. The van der Waals surface area contributed by atoms with Crippen molar-refractivity contribution in [3.05, 3.63) is 54.1 Å². The van der Waals surface area contributed by atoms with E-state index in [-0.39, 0.29) is 11.8 Å². The molecule has 2 aromatic heterocycles. The van der Waals surface area contributed by atoms with Crippen LogP contribution in [0.5, 0.6) is 5.75 Å². The average Bonchev–Trinajstić information content (AvgIpc) is 3.41. The summed E-state index contributed by atoms with van der Waals surface area (Å²) in [6, 6.07) is 7.79. The Morgan fingerprint density at radius 2 is 2.03 bits per heavy atom. The van der Waals surface area contributed by atoms with E-state index in [1.54, 1.807) is 4.68 Å². The van der Waals surface area contributed by atoms with Gasteiger partial charge in [0.25, 0.3) is 5.91 Å². The lowest BCUT2D eigenvalue weighted by Crippen LogP contribution is -2.48. The second-order valence-electron chi connectivity index (χ2n) is 9.43. The van der Waals surface area contributed by atoms with Gasteiger partial charge >= 0.3 is 0 Å². The largest absolute Gasteiger partial charge is 0.478 e. The summed E-state index contributed by atoms with van der Waals surface area (Å²) < 4.78 is 7.88. The van der Waals surface area contributed by atoms with E-state index in [9.17, 15) is 4.79 Å². The van der Waals surface area contributed by atoms with Gasteiger partial charge in [-0.2, -0.15) is 5.10 Å². The van der Waals surface area contributed by atoms with Crippen molar-refractivity contribution < 1.29 is 9.53 Å². The maximum Gasteiger partial charge on any atom is 0.266 e. The molecule has 0 bridgehead atoms. The van der Waals surface area contributed by atoms with Crippen LogP contribution < -0.4 is 9.64 Å². The molecule has 1 fully saturated rings. The Morgan fingerprint density at radius 1 is 1.24 bits per heavy atom. The average molecular weight is 449 g/mol. The number of aromatic nitrogens is 4. The highest BCUT2D eigenvalue weighted by Gasteiger charge is 2.39. The number of rotatable bonds is 6. The lowest BCUT2D eigenvalue weighted by atomic mass is 9.97. The van der Waals surface area contributed by atoms with E-state index in [4.69, 9.17) is 9.72 Å². The van der Waals surface area contributed by atoms with Crippen molar-refractivity contribution in [2.45, 2.75) is 38.7 Å². The zero-order valence-corrected chi connectivity index (χ0v) is 20.2. The topological polar surface area (TPSA) is 76.4 Å². The van der Waals surface area contributed by atoms with Crippen molar-refractivity contribution in [1.29, 1.82) is 0 Å². The Labute approximate surface area is 195 Å². The van der Waals surface area contributed by atoms with E-state index in [2.05, 4.69) is 10.1 Å². The number of carbonyl (C=O) groups is 1.